The van der Waals surface area contributed by atoms with Crippen molar-refractivity contribution >= 4 is 54.1 Å². The first kappa shape index (κ1) is 21.5. The van der Waals surface area contributed by atoms with Gasteiger partial charge in [-0.05, 0) is 30.3 Å². The lowest BCUT2D eigenvalue weighted by Crippen LogP contribution is -2.15. The van der Waals surface area contributed by atoms with E-state index in [4.69, 9.17) is 0 Å². The Labute approximate surface area is 184 Å². The summed E-state index contributed by atoms with van der Waals surface area (Å²) in [5.41, 5.74) is 1.85. The van der Waals surface area contributed by atoms with Gasteiger partial charge in [-0.2, -0.15) is 5.10 Å². The number of benzene rings is 2. The van der Waals surface area contributed by atoms with Crippen LogP contribution in [-0.4, -0.2) is 42.8 Å². The van der Waals surface area contributed by atoms with Crippen molar-refractivity contribution in [3.63, 3.8) is 0 Å². The maximum atomic E-state index is 12.8. The van der Waals surface area contributed by atoms with Gasteiger partial charge in [-0.25, -0.2) is 26.8 Å². The van der Waals surface area contributed by atoms with E-state index < -0.39 is 20.0 Å². The van der Waals surface area contributed by atoms with Gasteiger partial charge in [0.1, 0.15) is 4.90 Å². The number of aromatic nitrogens is 4. The van der Waals surface area contributed by atoms with Crippen molar-refractivity contribution < 1.29 is 16.8 Å². The van der Waals surface area contributed by atoms with E-state index in [-0.39, 0.29) is 16.5 Å². The predicted octanol–water partition coefficient (Wildman–Crippen LogP) is 2.28. The van der Waals surface area contributed by atoms with Gasteiger partial charge in [-0.1, -0.05) is 18.2 Å². The molecule has 32 heavy (non-hydrogen) atoms. The van der Waals surface area contributed by atoms with E-state index in [1.807, 2.05) is 0 Å². The maximum Gasteiger partial charge on any atom is 0.266 e. The summed E-state index contributed by atoms with van der Waals surface area (Å²) in [4.78, 5) is 8.89. The van der Waals surface area contributed by atoms with Crippen LogP contribution in [0.2, 0.25) is 0 Å². The summed E-state index contributed by atoms with van der Waals surface area (Å²) in [6, 6.07) is 13.5. The molecule has 0 radical (unpaired) electrons. The highest BCUT2D eigenvalue weighted by atomic mass is 32.2. The fraction of sp³-hybridized carbons (Fsp3) is 0.105. The predicted molar refractivity (Wildman–Crippen MR) is 122 cm³/mol. The molecule has 0 atom stereocenters. The molecule has 2 heterocycles. The number of nitrogens with zero attached hydrogens (tertiary/aromatic N) is 4. The van der Waals surface area contributed by atoms with Crippen LogP contribution in [0.25, 0.3) is 11.0 Å². The molecular formula is C19H19N7O4S2. The molecule has 0 amide bonds. The minimum Gasteiger partial charge on any atom is -0.337 e. The van der Waals surface area contributed by atoms with Gasteiger partial charge >= 0.3 is 0 Å². The Hall–Kier alpha value is -3.71. The van der Waals surface area contributed by atoms with Crippen LogP contribution in [0.15, 0.2) is 65.8 Å². The van der Waals surface area contributed by atoms with Crippen LogP contribution in [0.1, 0.15) is 0 Å². The van der Waals surface area contributed by atoms with Crippen LogP contribution in [-0.2, 0) is 27.1 Å². The van der Waals surface area contributed by atoms with Crippen LogP contribution >= 0.6 is 0 Å². The zero-order valence-corrected chi connectivity index (χ0v) is 18.6. The lowest BCUT2D eigenvalue weighted by Gasteiger charge is -2.14. The number of fused-ring (bicyclic) bond motifs is 1. The Balaban J connectivity index is 1.74. The highest BCUT2D eigenvalue weighted by molar-refractivity contribution is 7.92. The van der Waals surface area contributed by atoms with Crippen LogP contribution in [0.4, 0.5) is 23.0 Å². The molecule has 11 nitrogen and oxygen atoms in total. The van der Waals surface area contributed by atoms with E-state index in [0.29, 0.717) is 22.4 Å². The molecule has 4 rings (SSSR count). The third-order valence-corrected chi connectivity index (χ3v) is 6.12. The highest BCUT2D eigenvalue weighted by Gasteiger charge is 2.20. The Morgan fingerprint density at radius 3 is 2.12 bits per heavy atom. The summed E-state index contributed by atoms with van der Waals surface area (Å²) < 4.78 is 54.9. The molecule has 0 aliphatic heterocycles. The number of hydrogen-bond donors (Lipinski definition) is 3. The Bertz CT molecular complexity index is 1520. The molecule has 0 unspecified atom stereocenters. The largest absolute Gasteiger partial charge is 0.337 e. The number of sulfonamides is 2. The van der Waals surface area contributed by atoms with Gasteiger partial charge in [-0.3, -0.25) is 14.1 Å². The monoisotopic (exact) mass is 473 g/mol. The summed E-state index contributed by atoms with van der Waals surface area (Å²) >= 11 is 0. The Morgan fingerprint density at radius 1 is 0.844 bits per heavy atom. The van der Waals surface area contributed by atoms with Gasteiger partial charge in [0, 0.05) is 18.9 Å². The average molecular weight is 474 g/mol. The molecule has 166 valence electrons. The van der Waals surface area contributed by atoms with Crippen LogP contribution in [0.5, 0.6) is 0 Å². The highest BCUT2D eigenvalue weighted by Crippen LogP contribution is 2.28. The first-order chi connectivity index (χ1) is 15.1. The standard InChI is InChI=1S/C19H19N7O4S2/c1-26-12-15(11-20-26)32(29,30)25-19-18(22-16-8-3-4-9-17(16)23-19)21-13-6-5-7-14(10-13)24-31(2,27)28/h3-12,24H,1-2H3,(H,21,22)(H,23,25). The van der Waals surface area contributed by atoms with Crippen LogP contribution in [0, 0.1) is 0 Å². The number of rotatable bonds is 7. The molecule has 0 aliphatic rings. The Morgan fingerprint density at radius 2 is 1.50 bits per heavy atom. The van der Waals surface area contributed by atoms with Gasteiger partial charge in [0.15, 0.2) is 11.6 Å². The van der Waals surface area contributed by atoms with Gasteiger partial charge in [-0.15, -0.1) is 0 Å². The maximum absolute atomic E-state index is 12.8. The molecule has 0 fully saturated rings. The van der Waals surface area contributed by atoms with E-state index in [1.165, 1.54) is 17.1 Å². The quantitative estimate of drug-likeness (QED) is 0.370. The molecule has 2 aromatic carbocycles. The summed E-state index contributed by atoms with van der Waals surface area (Å²) in [6.45, 7) is 0. The fourth-order valence-corrected chi connectivity index (χ4v) is 4.44. The number of nitrogens with one attached hydrogen (secondary N) is 3. The smallest absolute Gasteiger partial charge is 0.266 e. The number of aryl methyl sites for hydroxylation is 1. The number of para-hydroxylation sites is 2. The number of hydrogen-bond acceptors (Lipinski definition) is 8. The molecule has 0 aliphatic carbocycles. The van der Waals surface area contributed by atoms with Gasteiger partial charge in [0.25, 0.3) is 10.0 Å². The Kier molecular flexibility index (Phi) is 5.44. The molecule has 13 heteroatoms. The third kappa shape index (κ3) is 4.95. The molecule has 0 bridgehead atoms. The van der Waals surface area contributed by atoms with Crippen molar-refractivity contribution in [1.29, 1.82) is 0 Å². The van der Waals surface area contributed by atoms with Crippen molar-refractivity contribution in [2.45, 2.75) is 4.90 Å². The van der Waals surface area contributed by atoms with Crippen molar-refractivity contribution in [3.05, 3.63) is 60.9 Å². The van der Waals surface area contributed by atoms with Crippen molar-refractivity contribution in [2.75, 3.05) is 21.0 Å². The normalized spacial score (nSPS) is 11.9. The molecule has 4 aromatic rings. The van der Waals surface area contributed by atoms with E-state index >= 15 is 0 Å². The van der Waals surface area contributed by atoms with Crippen molar-refractivity contribution in [3.8, 4) is 0 Å². The average Bonchev–Trinajstić information content (AvgIpc) is 3.15. The van der Waals surface area contributed by atoms with E-state index in [2.05, 4.69) is 29.8 Å². The van der Waals surface area contributed by atoms with Crippen LogP contribution in [0.3, 0.4) is 0 Å². The zero-order chi connectivity index (χ0) is 22.9. The topological polar surface area (TPSA) is 148 Å². The first-order valence-corrected chi connectivity index (χ1v) is 12.6. The summed E-state index contributed by atoms with van der Waals surface area (Å²) in [6.07, 6.45) is 3.64. The third-order valence-electron chi connectivity index (χ3n) is 4.22. The van der Waals surface area contributed by atoms with E-state index in [0.717, 1.165) is 6.26 Å². The SMILES string of the molecule is Cn1cc(S(=O)(=O)Nc2nc3ccccc3nc2Nc2cccc(NS(C)(=O)=O)c2)cn1. The summed E-state index contributed by atoms with van der Waals surface area (Å²) in [7, 11) is -5.83. The zero-order valence-electron chi connectivity index (χ0n) is 17.0. The van der Waals surface area contributed by atoms with Crippen molar-refractivity contribution in [2.24, 2.45) is 7.05 Å². The molecule has 2 aromatic heterocycles. The molecule has 0 spiro atoms. The number of anilines is 4. The van der Waals surface area contributed by atoms with Gasteiger partial charge < -0.3 is 5.32 Å². The van der Waals surface area contributed by atoms with Crippen molar-refractivity contribution in [1.82, 2.24) is 19.7 Å². The lowest BCUT2D eigenvalue weighted by molar-refractivity contribution is 0.600. The van der Waals surface area contributed by atoms with Gasteiger partial charge in [0.2, 0.25) is 10.0 Å². The van der Waals surface area contributed by atoms with Gasteiger partial charge in [0.05, 0.1) is 29.2 Å². The van der Waals surface area contributed by atoms with E-state index in [1.54, 1.807) is 55.6 Å². The second kappa shape index (κ2) is 8.09. The molecule has 0 saturated carbocycles. The minimum absolute atomic E-state index is 0.0194. The second-order valence-corrected chi connectivity index (χ2v) is 10.4. The summed E-state index contributed by atoms with van der Waals surface area (Å²) in [5.74, 6) is 0.127. The second-order valence-electron chi connectivity index (χ2n) is 6.94. The minimum atomic E-state index is -3.98. The molecule has 3 N–H and O–H groups in total. The first-order valence-electron chi connectivity index (χ1n) is 9.22. The fourth-order valence-electron chi connectivity index (χ4n) is 2.89. The molecular weight excluding hydrogens is 454 g/mol. The van der Waals surface area contributed by atoms with Crippen LogP contribution < -0.4 is 14.8 Å². The van der Waals surface area contributed by atoms with E-state index in [9.17, 15) is 16.8 Å². The lowest BCUT2D eigenvalue weighted by atomic mass is 10.2. The summed E-state index contributed by atoms with van der Waals surface area (Å²) in [5, 5.41) is 6.91. The molecule has 0 saturated heterocycles.